The summed E-state index contributed by atoms with van der Waals surface area (Å²) in [6, 6.07) is 16.0. The largest absolute Gasteiger partial charge is 0.495 e. The average molecular weight is 366 g/mol. The zero-order chi connectivity index (χ0) is 17.9. The topological polar surface area (TPSA) is 38.2 Å². The van der Waals surface area contributed by atoms with E-state index < -0.39 is 0 Å². The van der Waals surface area contributed by atoms with Crippen LogP contribution in [0.5, 0.6) is 5.75 Å². The number of nitrogens with zero attached hydrogens (tertiary/aromatic N) is 3. The number of halogens is 1. The molecule has 3 aromatic rings. The Bertz CT molecular complexity index is 914. The van der Waals surface area contributed by atoms with Crippen molar-refractivity contribution in [2.75, 3.05) is 13.7 Å². The first-order valence-corrected chi connectivity index (χ1v) is 9.06. The van der Waals surface area contributed by atoms with Crippen LogP contribution in [0.2, 0.25) is 5.02 Å². The average Bonchev–Trinajstić information content (AvgIpc) is 2.70. The van der Waals surface area contributed by atoms with Crippen molar-refractivity contribution in [1.29, 1.82) is 0 Å². The molecule has 4 nitrogen and oxygen atoms in total. The molecule has 26 heavy (non-hydrogen) atoms. The summed E-state index contributed by atoms with van der Waals surface area (Å²) in [5.41, 5.74) is 4.47. The first kappa shape index (κ1) is 17.0. The van der Waals surface area contributed by atoms with Gasteiger partial charge in [0.25, 0.3) is 0 Å². The summed E-state index contributed by atoms with van der Waals surface area (Å²) in [5.74, 6) is 1.52. The Morgan fingerprint density at radius 3 is 2.77 bits per heavy atom. The van der Waals surface area contributed by atoms with Crippen molar-refractivity contribution >= 4 is 11.6 Å². The molecule has 0 aliphatic carbocycles. The molecule has 0 bridgehead atoms. The molecule has 0 atom stereocenters. The summed E-state index contributed by atoms with van der Waals surface area (Å²) >= 11 is 6.44. The highest BCUT2D eigenvalue weighted by molar-refractivity contribution is 6.32. The minimum absolute atomic E-state index is 0.691. The van der Waals surface area contributed by atoms with Gasteiger partial charge in [-0.15, -0.1) is 0 Å². The van der Waals surface area contributed by atoms with Gasteiger partial charge in [-0.1, -0.05) is 54.1 Å². The van der Waals surface area contributed by atoms with Crippen LogP contribution in [0, 0.1) is 0 Å². The molecule has 132 valence electrons. The van der Waals surface area contributed by atoms with Crippen molar-refractivity contribution in [3.05, 3.63) is 76.6 Å². The lowest BCUT2D eigenvalue weighted by Crippen LogP contribution is -2.31. The number of ether oxygens (including phenoxy) is 1. The van der Waals surface area contributed by atoms with E-state index in [1.165, 1.54) is 5.56 Å². The van der Waals surface area contributed by atoms with Crippen LogP contribution in [0.3, 0.4) is 0 Å². The monoisotopic (exact) mass is 365 g/mol. The number of hydrogen-bond donors (Lipinski definition) is 0. The fourth-order valence-electron chi connectivity index (χ4n) is 3.31. The first-order chi connectivity index (χ1) is 12.7. The van der Waals surface area contributed by atoms with Crippen LogP contribution >= 0.6 is 11.6 Å². The quantitative estimate of drug-likeness (QED) is 0.688. The van der Waals surface area contributed by atoms with Crippen molar-refractivity contribution in [3.8, 4) is 17.1 Å². The molecule has 0 N–H and O–H groups in total. The number of benzene rings is 2. The SMILES string of the molecule is COc1cccc(CN2CCc3nc(-c4ccccc4)ncc3C2)c1Cl. The minimum atomic E-state index is 0.691. The summed E-state index contributed by atoms with van der Waals surface area (Å²) in [7, 11) is 1.64. The van der Waals surface area contributed by atoms with Gasteiger partial charge in [0.15, 0.2) is 5.82 Å². The van der Waals surface area contributed by atoms with Gasteiger partial charge in [0.1, 0.15) is 5.75 Å². The van der Waals surface area contributed by atoms with Gasteiger partial charge in [0, 0.05) is 43.4 Å². The van der Waals surface area contributed by atoms with Gasteiger partial charge in [-0.05, 0) is 11.6 Å². The molecule has 2 heterocycles. The molecule has 5 heteroatoms. The Labute approximate surface area is 158 Å². The zero-order valence-corrected chi connectivity index (χ0v) is 15.4. The summed E-state index contributed by atoms with van der Waals surface area (Å²) in [4.78, 5) is 11.7. The highest BCUT2D eigenvalue weighted by atomic mass is 35.5. The molecular formula is C21H20ClN3O. The summed E-state index contributed by atoms with van der Waals surface area (Å²) in [5, 5.41) is 0.691. The van der Waals surface area contributed by atoms with Crippen LogP contribution in [0.15, 0.2) is 54.7 Å². The normalized spacial score (nSPS) is 14.1. The van der Waals surface area contributed by atoms with Gasteiger partial charge >= 0.3 is 0 Å². The lowest BCUT2D eigenvalue weighted by molar-refractivity contribution is 0.242. The Morgan fingerprint density at radius 1 is 1.12 bits per heavy atom. The molecule has 0 radical (unpaired) electrons. The van der Waals surface area contributed by atoms with E-state index in [0.717, 1.165) is 54.4 Å². The molecule has 0 saturated carbocycles. The molecule has 0 spiro atoms. The lowest BCUT2D eigenvalue weighted by Gasteiger charge is -2.28. The van der Waals surface area contributed by atoms with Crippen LogP contribution in [-0.4, -0.2) is 28.5 Å². The second-order valence-corrected chi connectivity index (χ2v) is 6.80. The first-order valence-electron chi connectivity index (χ1n) is 8.68. The Hall–Kier alpha value is -2.43. The van der Waals surface area contributed by atoms with E-state index in [0.29, 0.717) is 5.02 Å². The molecule has 4 rings (SSSR count). The minimum Gasteiger partial charge on any atom is -0.495 e. The standard InChI is InChI=1S/C21H20ClN3O/c1-26-19-9-5-8-16(20(19)22)13-25-11-10-18-17(14-25)12-23-21(24-18)15-6-3-2-4-7-15/h2-9,12H,10-11,13-14H2,1H3. The molecule has 0 fully saturated rings. The molecule has 0 amide bonds. The van der Waals surface area contributed by atoms with Gasteiger partial charge in [-0.25, -0.2) is 9.97 Å². The highest BCUT2D eigenvalue weighted by Crippen LogP contribution is 2.30. The van der Waals surface area contributed by atoms with Crippen molar-refractivity contribution in [3.63, 3.8) is 0 Å². The molecule has 0 unspecified atom stereocenters. The van der Waals surface area contributed by atoms with Crippen LogP contribution in [0.1, 0.15) is 16.8 Å². The molecule has 0 saturated heterocycles. The Balaban J connectivity index is 1.52. The van der Waals surface area contributed by atoms with Crippen molar-refractivity contribution in [1.82, 2.24) is 14.9 Å². The molecule has 1 aromatic heterocycles. The van der Waals surface area contributed by atoms with E-state index in [1.807, 2.05) is 48.7 Å². The second kappa shape index (κ2) is 7.44. The van der Waals surface area contributed by atoms with E-state index in [1.54, 1.807) is 7.11 Å². The molecule has 1 aliphatic heterocycles. The third-order valence-electron chi connectivity index (χ3n) is 4.70. The predicted molar refractivity (Wildman–Crippen MR) is 103 cm³/mol. The van der Waals surface area contributed by atoms with Gasteiger partial charge in [0.05, 0.1) is 17.8 Å². The van der Waals surface area contributed by atoms with E-state index in [2.05, 4.69) is 16.0 Å². The van der Waals surface area contributed by atoms with E-state index in [9.17, 15) is 0 Å². The van der Waals surface area contributed by atoms with Crippen molar-refractivity contribution < 1.29 is 4.74 Å². The maximum absolute atomic E-state index is 6.44. The van der Waals surface area contributed by atoms with E-state index in [4.69, 9.17) is 21.3 Å². The van der Waals surface area contributed by atoms with Crippen LogP contribution in [0.4, 0.5) is 0 Å². The highest BCUT2D eigenvalue weighted by Gasteiger charge is 2.20. The number of methoxy groups -OCH3 is 1. The maximum Gasteiger partial charge on any atom is 0.159 e. The fourth-order valence-corrected chi connectivity index (χ4v) is 3.58. The van der Waals surface area contributed by atoms with Crippen molar-refractivity contribution in [2.45, 2.75) is 19.5 Å². The maximum atomic E-state index is 6.44. The van der Waals surface area contributed by atoms with Gasteiger partial charge in [0.2, 0.25) is 0 Å². The van der Waals surface area contributed by atoms with Crippen LogP contribution in [-0.2, 0) is 19.5 Å². The zero-order valence-electron chi connectivity index (χ0n) is 14.7. The third kappa shape index (κ3) is 3.43. The third-order valence-corrected chi connectivity index (χ3v) is 5.13. The smallest absolute Gasteiger partial charge is 0.159 e. The van der Waals surface area contributed by atoms with Crippen LogP contribution < -0.4 is 4.74 Å². The van der Waals surface area contributed by atoms with Gasteiger partial charge in [-0.2, -0.15) is 0 Å². The van der Waals surface area contributed by atoms with Crippen molar-refractivity contribution in [2.24, 2.45) is 0 Å². The molecule has 1 aliphatic rings. The van der Waals surface area contributed by atoms with Crippen LogP contribution in [0.25, 0.3) is 11.4 Å². The van der Waals surface area contributed by atoms with Gasteiger partial charge < -0.3 is 4.74 Å². The summed E-state index contributed by atoms with van der Waals surface area (Å²) < 4.78 is 5.32. The summed E-state index contributed by atoms with van der Waals surface area (Å²) in [6.45, 7) is 2.57. The van der Waals surface area contributed by atoms with E-state index >= 15 is 0 Å². The van der Waals surface area contributed by atoms with Gasteiger partial charge in [-0.3, -0.25) is 4.90 Å². The number of rotatable bonds is 4. The number of aromatic nitrogens is 2. The predicted octanol–water partition coefficient (Wildman–Crippen LogP) is 4.36. The number of fused-ring (bicyclic) bond motifs is 1. The number of hydrogen-bond acceptors (Lipinski definition) is 4. The van der Waals surface area contributed by atoms with E-state index in [-0.39, 0.29) is 0 Å². The summed E-state index contributed by atoms with van der Waals surface area (Å²) in [6.07, 6.45) is 2.88. The molecule has 2 aromatic carbocycles. The Kier molecular flexibility index (Phi) is 4.87. The fraction of sp³-hybridized carbons (Fsp3) is 0.238. The molecular weight excluding hydrogens is 346 g/mol. The lowest BCUT2D eigenvalue weighted by atomic mass is 10.1. The second-order valence-electron chi connectivity index (χ2n) is 6.43. The Morgan fingerprint density at radius 2 is 1.96 bits per heavy atom.